The van der Waals surface area contributed by atoms with Crippen molar-refractivity contribution in [3.63, 3.8) is 0 Å². The molecule has 0 amide bonds. The van der Waals surface area contributed by atoms with E-state index in [4.69, 9.17) is 5.21 Å². The van der Waals surface area contributed by atoms with Crippen LogP contribution in [0.3, 0.4) is 0 Å². The molecule has 5 nitrogen and oxygen atoms in total. The first-order chi connectivity index (χ1) is 18.6. The Kier molecular flexibility index (Phi) is 5.32. The molecule has 0 spiro atoms. The number of aryl methyl sites for hydroxylation is 1. The Bertz CT molecular complexity index is 1870. The molecule has 0 saturated carbocycles. The Morgan fingerprint density at radius 3 is 1.87 bits per heavy atom. The second kappa shape index (κ2) is 8.88. The largest absolute Gasteiger partial charge is 0.350 e. The summed E-state index contributed by atoms with van der Waals surface area (Å²) in [7, 11) is 2.15. The summed E-state index contributed by atoms with van der Waals surface area (Å²) in [6.45, 7) is 4.68. The van der Waals surface area contributed by atoms with Gasteiger partial charge in [0.15, 0.2) is 0 Å². The summed E-state index contributed by atoms with van der Waals surface area (Å²) in [6.07, 6.45) is 3.16. The molecule has 188 valence electrons. The second-order valence-corrected chi connectivity index (χ2v) is 10.7. The van der Waals surface area contributed by atoms with Crippen LogP contribution < -0.4 is 0 Å². The maximum atomic E-state index is 4.78. The van der Waals surface area contributed by atoms with Gasteiger partial charge in [-0.3, -0.25) is 0 Å². The van der Waals surface area contributed by atoms with E-state index < -0.39 is 0 Å². The van der Waals surface area contributed by atoms with Crippen LogP contribution in [0.15, 0.2) is 103 Å². The average Bonchev–Trinajstić information content (AvgIpc) is 3.62. The molecule has 0 aliphatic rings. The molecule has 0 aliphatic carbocycles. The zero-order valence-electron chi connectivity index (χ0n) is 22.0. The molecular formula is C33H31N5. The minimum Gasteiger partial charge on any atom is -0.350 e. The zero-order chi connectivity index (χ0) is 25.8. The highest BCUT2D eigenvalue weighted by Gasteiger charge is 2.29. The van der Waals surface area contributed by atoms with Gasteiger partial charge in [-0.2, -0.15) is 0 Å². The smallest absolute Gasteiger partial charge is 0.130 e. The maximum absolute atomic E-state index is 4.78. The van der Waals surface area contributed by atoms with Crippen LogP contribution in [0, 0.1) is 5.92 Å². The molecule has 2 atom stereocenters. The van der Waals surface area contributed by atoms with Crippen LogP contribution in [0.1, 0.15) is 37.9 Å². The number of rotatable bonds is 6. The highest BCUT2D eigenvalue weighted by molar-refractivity contribution is 6.08. The lowest BCUT2D eigenvalue weighted by atomic mass is 9.84. The van der Waals surface area contributed by atoms with Crippen LogP contribution in [0.25, 0.3) is 43.7 Å². The Hall–Kier alpha value is -4.38. The molecule has 0 radical (unpaired) electrons. The summed E-state index contributed by atoms with van der Waals surface area (Å²) in [4.78, 5) is 0. The van der Waals surface area contributed by atoms with Crippen molar-refractivity contribution in [1.29, 1.82) is 0 Å². The monoisotopic (exact) mass is 497 g/mol. The summed E-state index contributed by atoms with van der Waals surface area (Å²) < 4.78 is 6.90. The first-order valence-corrected chi connectivity index (χ1v) is 13.4. The van der Waals surface area contributed by atoms with Gasteiger partial charge in [-0.25, -0.2) is 4.68 Å². The van der Waals surface area contributed by atoms with Crippen LogP contribution in [0.4, 0.5) is 0 Å². The molecule has 38 heavy (non-hydrogen) atoms. The van der Waals surface area contributed by atoms with Gasteiger partial charge in [0.2, 0.25) is 0 Å². The quantitative estimate of drug-likeness (QED) is 0.234. The molecule has 4 aromatic carbocycles. The topological polar surface area (TPSA) is 40.6 Å². The minimum absolute atomic E-state index is 0.0569. The normalized spacial score (nSPS) is 13.8. The van der Waals surface area contributed by atoms with Crippen molar-refractivity contribution < 1.29 is 0 Å². The van der Waals surface area contributed by atoms with Gasteiger partial charge in [0.1, 0.15) is 11.7 Å². The second-order valence-electron chi connectivity index (χ2n) is 10.7. The Morgan fingerprint density at radius 2 is 1.21 bits per heavy atom. The van der Waals surface area contributed by atoms with E-state index in [9.17, 15) is 0 Å². The van der Waals surface area contributed by atoms with Crippen molar-refractivity contribution in [2.24, 2.45) is 13.0 Å². The maximum Gasteiger partial charge on any atom is 0.130 e. The van der Waals surface area contributed by atoms with Crippen molar-refractivity contribution in [2.75, 3.05) is 0 Å². The van der Waals surface area contributed by atoms with Gasteiger partial charge in [-0.05, 0) is 54.2 Å². The van der Waals surface area contributed by atoms with E-state index in [1.807, 2.05) is 12.1 Å². The standard InChI is InChI=1S/C33H31N5/c1-22(2)26(27-21-36(3)29-16-8-4-14-25(27)29)20-33(38-32-19-11-7-15-28(32)34-35-38)37-30-17-9-5-12-23(30)24-13-6-10-18-31(24)37/h4-19,21-22,26,33H,20H2,1-3H3. The highest BCUT2D eigenvalue weighted by atomic mass is 15.5. The SMILES string of the molecule is CC(C)C(CC(n1nnc2ccccc21)n1c2ccccc2c2ccccc21)c1cn(C)c2ccccc12. The van der Waals surface area contributed by atoms with Crippen molar-refractivity contribution in [3.8, 4) is 0 Å². The van der Waals surface area contributed by atoms with Crippen molar-refractivity contribution in [1.82, 2.24) is 24.1 Å². The fourth-order valence-corrected chi connectivity index (χ4v) is 6.35. The summed E-state index contributed by atoms with van der Waals surface area (Å²) in [5.41, 5.74) is 7.09. The van der Waals surface area contributed by atoms with Crippen molar-refractivity contribution >= 4 is 43.7 Å². The molecule has 2 unspecified atom stereocenters. The zero-order valence-corrected chi connectivity index (χ0v) is 22.0. The summed E-state index contributed by atoms with van der Waals surface area (Å²) in [5.74, 6) is 0.750. The predicted octanol–water partition coefficient (Wildman–Crippen LogP) is 7.91. The number of hydrogen-bond acceptors (Lipinski definition) is 2. The molecule has 0 fully saturated rings. The molecule has 5 heteroatoms. The summed E-state index contributed by atoms with van der Waals surface area (Å²) in [5, 5.41) is 13.2. The fourth-order valence-electron chi connectivity index (χ4n) is 6.35. The molecular weight excluding hydrogens is 466 g/mol. The average molecular weight is 498 g/mol. The lowest BCUT2D eigenvalue weighted by Crippen LogP contribution is -2.24. The molecule has 7 aromatic rings. The molecule has 0 saturated heterocycles. The van der Waals surface area contributed by atoms with Gasteiger partial charge >= 0.3 is 0 Å². The van der Waals surface area contributed by atoms with Crippen LogP contribution >= 0.6 is 0 Å². The number of para-hydroxylation sites is 4. The minimum atomic E-state index is -0.0569. The van der Waals surface area contributed by atoms with Gasteiger partial charge in [0.25, 0.3) is 0 Å². The van der Waals surface area contributed by atoms with Crippen molar-refractivity contribution in [3.05, 3.63) is 109 Å². The molecule has 3 aromatic heterocycles. The van der Waals surface area contributed by atoms with Crippen LogP contribution in [-0.4, -0.2) is 24.1 Å². The predicted molar refractivity (Wildman–Crippen MR) is 157 cm³/mol. The van der Waals surface area contributed by atoms with E-state index in [-0.39, 0.29) is 6.17 Å². The Morgan fingerprint density at radius 1 is 0.658 bits per heavy atom. The molecule has 0 N–H and O–H groups in total. The van der Waals surface area contributed by atoms with Gasteiger partial charge in [-0.1, -0.05) is 85.8 Å². The van der Waals surface area contributed by atoms with Crippen LogP contribution in [0.2, 0.25) is 0 Å². The number of aromatic nitrogens is 5. The molecule has 7 rings (SSSR count). The van der Waals surface area contributed by atoms with E-state index >= 15 is 0 Å². The first kappa shape index (κ1) is 22.8. The highest BCUT2D eigenvalue weighted by Crippen LogP contribution is 2.41. The van der Waals surface area contributed by atoms with Gasteiger partial charge in [0.05, 0.1) is 16.6 Å². The summed E-state index contributed by atoms with van der Waals surface area (Å²) in [6, 6.07) is 34.5. The lowest BCUT2D eigenvalue weighted by molar-refractivity contribution is 0.324. The van der Waals surface area contributed by atoms with E-state index in [1.54, 1.807) is 0 Å². The molecule has 0 bridgehead atoms. The third-order valence-corrected chi connectivity index (χ3v) is 8.17. The first-order valence-electron chi connectivity index (χ1n) is 13.4. The third-order valence-electron chi connectivity index (χ3n) is 8.17. The number of nitrogens with zero attached hydrogens (tertiary/aromatic N) is 5. The van der Waals surface area contributed by atoms with Gasteiger partial charge in [-0.15, -0.1) is 5.10 Å². The fraction of sp³-hybridized carbons (Fsp3) is 0.212. The summed E-state index contributed by atoms with van der Waals surface area (Å²) >= 11 is 0. The lowest BCUT2D eigenvalue weighted by Gasteiger charge is -2.29. The Balaban J connectivity index is 1.50. The van der Waals surface area contributed by atoms with E-state index in [0.29, 0.717) is 11.8 Å². The van der Waals surface area contributed by atoms with Gasteiger partial charge < -0.3 is 9.13 Å². The van der Waals surface area contributed by atoms with Crippen molar-refractivity contribution in [2.45, 2.75) is 32.4 Å². The van der Waals surface area contributed by atoms with E-state index in [1.165, 1.54) is 38.3 Å². The number of hydrogen-bond donors (Lipinski definition) is 0. The molecule has 3 heterocycles. The van der Waals surface area contributed by atoms with Crippen LogP contribution in [0.5, 0.6) is 0 Å². The van der Waals surface area contributed by atoms with Crippen LogP contribution in [-0.2, 0) is 7.05 Å². The van der Waals surface area contributed by atoms with Gasteiger partial charge in [0, 0.05) is 34.9 Å². The third kappa shape index (κ3) is 3.46. The van der Waals surface area contributed by atoms with E-state index in [0.717, 1.165) is 17.5 Å². The molecule has 0 aliphatic heterocycles. The number of benzene rings is 4. The number of fused-ring (bicyclic) bond motifs is 5. The Labute approximate surface area is 221 Å². The van der Waals surface area contributed by atoms with E-state index in [2.05, 4.69) is 131 Å².